The maximum Gasteiger partial charge on any atom is 0.243 e. The Bertz CT molecular complexity index is 631. The standard InChI is InChI=1S/C15H16ClN3O/c1-4-15(20)18-10(2)14-9-17-19(11(14)3)13-7-5-12(16)6-8-13/h4-10H,1H2,2-3H3,(H,18,20). The van der Waals surface area contributed by atoms with Crippen LogP contribution in [0, 0.1) is 6.92 Å². The largest absolute Gasteiger partial charge is 0.346 e. The summed E-state index contributed by atoms with van der Waals surface area (Å²) in [6.07, 6.45) is 3.02. The van der Waals surface area contributed by atoms with Gasteiger partial charge in [-0.3, -0.25) is 4.79 Å². The molecule has 5 heteroatoms. The molecule has 0 fully saturated rings. The van der Waals surface area contributed by atoms with Crippen LogP contribution in [0.25, 0.3) is 5.69 Å². The third-order valence-corrected chi connectivity index (χ3v) is 3.38. The van der Waals surface area contributed by atoms with Gasteiger partial charge in [0, 0.05) is 16.3 Å². The van der Waals surface area contributed by atoms with Crippen LogP contribution in [0.3, 0.4) is 0 Å². The molecular formula is C15H16ClN3O. The minimum Gasteiger partial charge on any atom is -0.346 e. The smallest absolute Gasteiger partial charge is 0.243 e. The Morgan fingerprint density at radius 2 is 2.10 bits per heavy atom. The van der Waals surface area contributed by atoms with E-state index in [-0.39, 0.29) is 11.9 Å². The topological polar surface area (TPSA) is 46.9 Å². The molecule has 0 bridgehead atoms. The van der Waals surface area contributed by atoms with E-state index in [2.05, 4.69) is 17.0 Å². The van der Waals surface area contributed by atoms with E-state index >= 15 is 0 Å². The van der Waals surface area contributed by atoms with E-state index in [1.807, 2.05) is 42.8 Å². The van der Waals surface area contributed by atoms with Crippen molar-refractivity contribution in [1.82, 2.24) is 15.1 Å². The summed E-state index contributed by atoms with van der Waals surface area (Å²) in [5, 5.41) is 7.88. The van der Waals surface area contributed by atoms with Gasteiger partial charge in [-0.2, -0.15) is 5.10 Å². The number of nitrogens with one attached hydrogen (secondary N) is 1. The van der Waals surface area contributed by atoms with Crippen LogP contribution in [0.1, 0.15) is 24.2 Å². The van der Waals surface area contributed by atoms with Gasteiger partial charge in [0.25, 0.3) is 0 Å². The lowest BCUT2D eigenvalue weighted by Gasteiger charge is -2.12. The SMILES string of the molecule is C=CC(=O)NC(C)c1cnn(-c2ccc(Cl)cc2)c1C. The molecule has 0 saturated heterocycles. The van der Waals surface area contributed by atoms with E-state index in [0.717, 1.165) is 16.9 Å². The van der Waals surface area contributed by atoms with E-state index in [9.17, 15) is 4.79 Å². The van der Waals surface area contributed by atoms with Gasteiger partial charge in [-0.1, -0.05) is 18.2 Å². The lowest BCUT2D eigenvalue weighted by Crippen LogP contribution is -2.24. The third kappa shape index (κ3) is 2.91. The minimum absolute atomic E-state index is 0.124. The van der Waals surface area contributed by atoms with Crippen molar-refractivity contribution < 1.29 is 4.79 Å². The van der Waals surface area contributed by atoms with Gasteiger partial charge >= 0.3 is 0 Å². The first-order valence-electron chi connectivity index (χ1n) is 6.26. The molecular weight excluding hydrogens is 274 g/mol. The van der Waals surface area contributed by atoms with Crippen molar-refractivity contribution >= 4 is 17.5 Å². The number of halogens is 1. The van der Waals surface area contributed by atoms with Crippen LogP contribution in [0.2, 0.25) is 5.02 Å². The van der Waals surface area contributed by atoms with Crippen LogP contribution in [-0.4, -0.2) is 15.7 Å². The lowest BCUT2D eigenvalue weighted by atomic mass is 10.1. The highest BCUT2D eigenvalue weighted by Gasteiger charge is 2.15. The van der Waals surface area contributed by atoms with Gasteiger partial charge in [0.05, 0.1) is 17.9 Å². The number of hydrogen-bond donors (Lipinski definition) is 1. The quantitative estimate of drug-likeness (QED) is 0.879. The second-order valence-electron chi connectivity index (χ2n) is 4.51. The third-order valence-electron chi connectivity index (χ3n) is 3.13. The fraction of sp³-hybridized carbons (Fsp3) is 0.200. The Hall–Kier alpha value is -2.07. The maximum atomic E-state index is 11.4. The van der Waals surface area contributed by atoms with Gasteiger partial charge in [-0.15, -0.1) is 0 Å². The summed E-state index contributed by atoms with van der Waals surface area (Å²) < 4.78 is 1.82. The number of amides is 1. The Balaban J connectivity index is 2.29. The molecule has 1 aromatic carbocycles. The van der Waals surface area contributed by atoms with Gasteiger partial charge in [-0.25, -0.2) is 4.68 Å². The summed E-state index contributed by atoms with van der Waals surface area (Å²) >= 11 is 5.88. The van der Waals surface area contributed by atoms with E-state index in [4.69, 9.17) is 11.6 Å². The summed E-state index contributed by atoms with van der Waals surface area (Å²) in [6.45, 7) is 7.33. The Labute approximate surface area is 123 Å². The zero-order chi connectivity index (χ0) is 14.7. The van der Waals surface area contributed by atoms with E-state index in [1.165, 1.54) is 6.08 Å². The fourth-order valence-corrected chi connectivity index (χ4v) is 2.17. The zero-order valence-electron chi connectivity index (χ0n) is 11.4. The van der Waals surface area contributed by atoms with Crippen molar-refractivity contribution in [3.63, 3.8) is 0 Å². The van der Waals surface area contributed by atoms with Crippen molar-refractivity contribution in [2.24, 2.45) is 0 Å². The molecule has 1 amide bonds. The highest BCUT2D eigenvalue weighted by Crippen LogP contribution is 2.21. The Morgan fingerprint density at radius 3 is 2.70 bits per heavy atom. The van der Waals surface area contributed by atoms with Crippen LogP contribution in [-0.2, 0) is 4.79 Å². The molecule has 2 aromatic rings. The number of carbonyl (C=O) groups is 1. The predicted molar refractivity (Wildman–Crippen MR) is 80.1 cm³/mol. The van der Waals surface area contributed by atoms with Crippen LogP contribution in [0.4, 0.5) is 0 Å². The van der Waals surface area contributed by atoms with Crippen LogP contribution < -0.4 is 5.32 Å². The lowest BCUT2D eigenvalue weighted by molar-refractivity contribution is -0.117. The summed E-state index contributed by atoms with van der Waals surface area (Å²) in [5.41, 5.74) is 2.87. The molecule has 1 unspecified atom stereocenters. The van der Waals surface area contributed by atoms with Crippen LogP contribution in [0.15, 0.2) is 43.1 Å². The molecule has 0 radical (unpaired) electrons. The maximum absolute atomic E-state index is 11.4. The summed E-state index contributed by atoms with van der Waals surface area (Å²) in [7, 11) is 0. The molecule has 2 rings (SSSR count). The molecule has 1 atom stereocenters. The molecule has 4 nitrogen and oxygen atoms in total. The van der Waals surface area contributed by atoms with Crippen molar-refractivity contribution in [3.05, 3.63) is 59.4 Å². The highest BCUT2D eigenvalue weighted by molar-refractivity contribution is 6.30. The number of carbonyl (C=O) groups excluding carboxylic acids is 1. The van der Waals surface area contributed by atoms with Gasteiger partial charge < -0.3 is 5.32 Å². The van der Waals surface area contributed by atoms with Crippen molar-refractivity contribution in [3.8, 4) is 5.69 Å². The van der Waals surface area contributed by atoms with Crippen LogP contribution >= 0.6 is 11.6 Å². The molecule has 0 saturated carbocycles. The molecule has 20 heavy (non-hydrogen) atoms. The van der Waals surface area contributed by atoms with E-state index in [0.29, 0.717) is 5.02 Å². The first-order chi connectivity index (χ1) is 9.52. The average Bonchev–Trinajstić information content (AvgIpc) is 2.81. The van der Waals surface area contributed by atoms with E-state index < -0.39 is 0 Å². The summed E-state index contributed by atoms with van der Waals surface area (Å²) in [5.74, 6) is -0.198. The van der Waals surface area contributed by atoms with Gasteiger partial charge in [0.2, 0.25) is 5.91 Å². The number of nitrogens with zero attached hydrogens (tertiary/aromatic N) is 2. The first kappa shape index (κ1) is 14.3. The Kier molecular flexibility index (Phi) is 4.25. The van der Waals surface area contributed by atoms with Gasteiger partial charge in [-0.05, 0) is 44.2 Å². The number of hydrogen-bond acceptors (Lipinski definition) is 2. The van der Waals surface area contributed by atoms with Crippen molar-refractivity contribution in [2.45, 2.75) is 19.9 Å². The van der Waals surface area contributed by atoms with Gasteiger partial charge in [0.15, 0.2) is 0 Å². The number of aromatic nitrogens is 2. The monoisotopic (exact) mass is 289 g/mol. The summed E-state index contributed by atoms with van der Waals surface area (Å²) in [4.78, 5) is 11.4. The molecule has 1 aromatic heterocycles. The van der Waals surface area contributed by atoms with Gasteiger partial charge in [0.1, 0.15) is 0 Å². The highest BCUT2D eigenvalue weighted by atomic mass is 35.5. The number of benzene rings is 1. The minimum atomic E-state index is -0.198. The van der Waals surface area contributed by atoms with E-state index in [1.54, 1.807) is 6.20 Å². The normalized spacial score (nSPS) is 11.9. The molecule has 1 heterocycles. The second kappa shape index (κ2) is 5.92. The zero-order valence-corrected chi connectivity index (χ0v) is 12.2. The molecule has 0 spiro atoms. The Morgan fingerprint density at radius 1 is 1.45 bits per heavy atom. The van der Waals surface area contributed by atoms with Crippen molar-refractivity contribution in [2.75, 3.05) is 0 Å². The predicted octanol–water partition coefficient (Wildman–Crippen LogP) is 3.20. The molecule has 0 aliphatic heterocycles. The van der Waals surface area contributed by atoms with Crippen LogP contribution in [0.5, 0.6) is 0 Å². The molecule has 0 aliphatic carbocycles. The molecule has 104 valence electrons. The second-order valence-corrected chi connectivity index (χ2v) is 4.94. The van der Waals surface area contributed by atoms with Crippen molar-refractivity contribution in [1.29, 1.82) is 0 Å². The first-order valence-corrected chi connectivity index (χ1v) is 6.64. The average molecular weight is 290 g/mol. The number of rotatable bonds is 4. The molecule has 1 N–H and O–H groups in total. The summed E-state index contributed by atoms with van der Waals surface area (Å²) in [6, 6.07) is 7.32. The fourth-order valence-electron chi connectivity index (χ4n) is 2.04. The molecule has 0 aliphatic rings.